The first kappa shape index (κ1) is 14.9. The number of carboxylic acids is 1. The third kappa shape index (κ3) is 4.21. The number of aromatic carboxylic acids is 1. The predicted molar refractivity (Wildman–Crippen MR) is 65.3 cm³/mol. The van der Waals surface area contributed by atoms with Crippen LogP contribution in [0.1, 0.15) is 10.4 Å². The molecule has 1 aromatic carbocycles. The van der Waals surface area contributed by atoms with E-state index in [-0.39, 0.29) is 18.1 Å². The first-order valence-corrected chi connectivity index (χ1v) is 7.09. The molecule has 0 radical (unpaired) electrons. The molecule has 0 heterocycles. The number of rotatable bonds is 6. The second-order valence-corrected chi connectivity index (χ2v) is 5.95. The highest BCUT2D eigenvalue weighted by molar-refractivity contribution is 7.90. The lowest BCUT2D eigenvalue weighted by molar-refractivity contribution is -0.385. The number of nitrogens with zero attached hydrogens (tertiary/aromatic N) is 1. The second kappa shape index (κ2) is 5.65. The minimum atomic E-state index is -3.26. The highest BCUT2D eigenvalue weighted by Gasteiger charge is 2.24. The Morgan fingerprint density at radius 3 is 2.58 bits per heavy atom. The Balaban J connectivity index is 3.04. The summed E-state index contributed by atoms with van der Waals surface area (Å²) in [5, 5.41) is 19.7. The summed E-state index contributed by atoms with van der Waals surface area (Å²) in [4.78, 5) is 20.9. The monoisotopic (exact) mass is 289 g/mol. The summed E-state index contributed by atoms with van der Waals surface area (Å²) in [5.74, 6) is -2.05. The Labute approximate surface area is 108 Å². The largest absolute Gasteiger partial charge is 0.491 e. The lowest BCUT2D eigenvalue weighted by atomic mass is 10.1. The van der Waals surface area contributed by atoms with Gasteiger partial charge < -0.3 is 9.84 Å². The molecular formula is C10H11NO7S. The van der Waals surface area contributed by atoms with Gasteiger partial charge in [0.25, 0.3) is 5.69 Å². The number of nitro groups is 1. The lowest BCUT2D eigenvalue weighted by Gasteiger charge is -2.08. The van der Waals surface area contributed by atoms with Gasteiger partial charge in [-0.25, -0.2) is 13.2 Å². The van der Waals surface area contributed by atoms with Crippen LogP contribution in [0, 0.1) is 10.1 Å². The van der Waals surface area contributed by atoms with E-state index in [0.29, 0.717) is 0 Å². The highest BCUT2D eigenvalue weighted by Crippen LogP contribution is 2.28. The molecule has 1 aromatic rings. The van der Waals surface area contributed by atoms with E-state index in [9.17, 15) is 23.3 Å². The van der Waals surface area contributed by atoms with Crippen molar-refractivity contribution >= 4 is 21.5 Å². The van der Waals surface area contributed by atoms with Crippen molar-refractivity contribution < 1.29 is 28.0 Å². The summed E-state index contributed by atoms with van der Waals surface area (Å²) < 4.78 is 26.8. The fraction of sp³-hybridized carbons (Fsp3) is 0.300. The molecule has 0 atom stereocenters. The maximum atomic E-state index is 11.0. The van der Waals surface area contributed by atoms with Gasteiger partial charge in [0.1, 0.15) is 12.4 Å². The Morgan fingerprint density at radius 2 is 2.11 bits per heavy atom. The molecule has 0 bridgehead atoms. The lowest BCUT2D eigenvalue weighted by Crippen LogP contribution is -2.14. The number of benzene rings is 1. The molecule has 0 amide bonds. The van der Waals surface area contributed by atoms with E-state index in [1.54, 1.807) is 0 Å². The molecule has 1 N–H and O–H groups in total. The van der Waals surface area contributed by atoms with Crippen molar-refractivity contribution in [2.24, 2.45) is 0 Å². The van der Waals surface area contributed by atoms with Crippen LogP contribution in [-0.2, 0) is 9.84 Å². The van der Waals surface area contributed by atoms with Crippen LogP contribution in [0.5, 0.6) is 5.75 Å². The van der Waals surface area contributed by atoms with E-state index >= 15 is 0 Å². The van der Waals surface area contributed by atoms with Crippen LogP contribution < -0.4 is 4.74 Å². The standard InChI is InChI=1S/C10H11NO7S/c1-19(16,17)6-5-18-8-4-2-3-7(11(14)15)9(8)10(12)13/h2-4H,5-6H2,1H3,(H,12,13). The highest BCUT2D eigenvalue weighted by atomic mass is 32.2. The molecule has 8 nitrogen and oxygen atoms in total. The number of nitro benzene ring substituents is 1. The fourth-order valence-electron chi connectivity index (χ4n) is 1.31. The van der Waals surface area contributed by atoms with Gasteiger partial charge in [-0.1, -0.05) is 6.07 Å². The van der Waals surface area contributed by atoms with Crippen LogP contribution in [0.25, 0.3) is 0 Å². The number of sulfone groups is 1. The molecule has 0 aliphatic carbocycles. The Bertz CT molecular complexity index is 608. The van der Waals surface area contributed by atoms with E-state index in [2.05, 4.69) is 0 Å². The maximum absolute atomic E-state index is 11.0. The van der Waals surface area contributed by atoms with Crippen LogP contribution >= 0.6 is 0 Å². The van der Waals surface area contributed by atoms with Gasteiger partial charge in [-0.15, -0.1) is 0 Å². The molecule has 0 saturated heterocycles. The van der Waals surface area contributed by atoms with Gasteiger partial charge in [0.05, 0.1) is 10.7 Å². The summed E-state index contributed by atoms with van der Waals surface area (Å²) in [6.07, 6.45) is 1.00. The summed E-state index contributed by atoms with van der Waals surface area (Å²) in [6.45, 7) is -0.277. The first-order valence-electron chi connectivity index (χ1n) is 5.03. The molecule has 0 aliphatic rings. The number of carboxylic acid groups (broad SMARTS) is 1. The zero-order valence-corrected chi connectivity index (χ0v) is 10.7. The predicted octanol–water partition coefficient (Wildman–Crippen LogP) is 0.716. The quantitative estimate of drug-likeness (QED) is 0.604. The van der Waals surface area contributed by atoms with Crippen molar-refractivity contribution in [3.05, 3.63) is 33.9 Å². The summed E-state index contributed by atoms with van der Waals surface area (Å²) in [6, 6.07) is 3.53. The zero-order chi connectivity index (χ0) is 14.6. The molecule has 19 heavy (non-hydrogen) atoms. The first-order chi connectivity index (χ1) is 8.72. The van der Waals surface area contributed by atoms with Crippen LogP contribution in [0.3, 0.4) is 0 Å². The number of hydrogen-bond acceptors (Lipinski definition) is 6. The summed E-state index contributed by atoms with van der Waals surface area (Å²) in [5.41, 5.74) is -1.20. The average Bonchev–Trinajstić information content (AvgIpc) is 2.26. The normalized spacial score (nSPS) is 11.0. The molecule has 0 spiro atoms. The summed E-state index contributed by atoms with van der Waals surface area (Å²) in [7, 11) is -3.26. The minimum Gasteiger partial charge on any atom is -0.491 e. The molecular weight excluding hydrogens is 278 g/mol. The maximum Gasteiger partial charge on any atom is 0.346 e. The van der Waals surface area contributed by atoms with Crippen molar-refractivity contribution in [3.8, 4) is 5.75 Å². The van der Waals surface area contributed by atoms with Crippen LogP contribution in [0.4, 0.5) is 5.69 Å². The third-order valence-corrected chi connectivity index (χ3v) is 3.03. The van der Waals surface area contributed by atoms with Gasteiger partial charge >= 0.3 is 5.97 Å². The molecule has 0 unspecified atom stereocenters. The number of hydrogen-bond donors (Lipinski definition) is 1. The molecule has 0 fully saturated rings. The van der Waals surface area contributed by atoms with E-state index in [4.69, 9.17) is 9.84 Å². The minimum absolute atomic E-state index is 0.231. The van der Waals surface area contributed by atoms with Gasteiger partial charge in [0.2, 0.25) is 0 Å². The molecule has 9 heteroatoms. The van der Waals surface area contributed by atoms with Crippen molar-refractivity contribution in [2.45, 2.75) is 0 Å². The second-order valence-electron chi connectivity index (χ2n) is 3.69. The number of ether oxygens (including phenoxy) is 1. The van der Waals surface area contributed by atoms with Gasteiger partial charge in [0, 0.05) is 12.3 Å². The van der Waals surface area contributed by atoms with E-state index in [1.165, 1.54) is 12.1 Å². The van der Waals surface area contributed by atoms with E-state index in [0.717, 1.165) is 12.3 Å². The van der Waals surface area contributed by atoms with Gasteiger partial charge in [-0.3, -0.25) is 10.1 Å². The van der Waals surface area contributed by atoms with Crippen molar-refractivity contribution in [1.82, 2.24) is 0 Å². The average molecular weight is 289 g/mol. The van der Waals surface area contributed by atoms with E-state index < -0.39 is 32.0 Å². The number of carbonyl (C=O) groups is 1. The Kier molecular flexibility index (Phi) is 4.43. The van der Waals surface area contributed by atoms with Crippen molar-refractivity contribution in [3.63, 3.8) is 0 Å². The topological polar surface area (TPSA) is 124 Å². The third-order valence-electron chi connectivity index (χ3n) is 2.13. The van der Waals surface area contributed by atoms with Crippen molar-refractivity contribution in [2.75, 3.05) is 18.6 Å². The van der Waals surface area contributed by atoms with Crippen molar-refractivity contribution in [1.29, 1.82) is 0 Å². The molecule has 0 saturated carbocycles. The van der Waals surface area contributed by atoms with Gasteiger partial charge in [-0.05, 0) is 6.07 Å². The van der Waals surface area contributed by atoms with Crippen LogP contribution in [0.15, 0.2) is 18.2 Å². The Morgan fingerprint density at radius 1 is 1.47 bits per heavy atom. The SMILES string of the molecule is CS(=O)(=O)CCOc1cccc([N+](=O)[O-])c1C(=O)O. The van der Waals surface area contributed by atoms with Crippen LogP contribution in [0.2, 0.25) is 0 Å². The van der Waals surface area contributed by atoms with Crippen LogP contribution in [-0.4, -0.2) is 43.0 Å². The van der Waals surface area contributed by atoms with Gasteiger partial charge in [-0.2, -0.15) is 0 Å². The smallest absolute Gasteiger partial charge is 0.346 e. The van der Waals surface area contributed by atoms with Gasteiger partial charge in [0.15, 0.2) is 15.4 Å². The zero-order valence-electron chi connectivity index (χ0n) is 9.90. The van der Waals surface area contributed by atoms with E-state index in [1.807, 2.05) is 0 Å². The Hall–Kier alpha value is -2.16. The molecule has 104 valence electrons. The molecule has 1 rings (SSSR count). The molecule has 0 aromatic heterocycles. The fourth-order valence-corrected chi connectivity index (χ4v) is 1.70. The molecule has 0 aliphatic heterocycles. The summed E-state index contributed by atoms with van der Waals surface area (Å²) >= 11 is 0.